The number of nitrogens with zero attached hydrogens (tertiary/aromatic N) is 2. The normalized spacial score (nSPS) is 10.7. The number of methoxy groups -OCH3 is 1. The van der Waals surface area contributed by atoms with Gasteiger partial charge in [-0.3, -0.25) is 9.48 Å². The Bertz CT molecular complexity index is 677. The van der Waals surface area contributed by atoms with Gasteiger partial charge < -0.3 is 4.74 Å². The van der Waals surface area contributed by atoms with Crippen molar-refractivity contribution in [2.24, 2.45) is 0 Å². The second-order valence-electron chi connectivity index (χ2n) is 4.93. The highest BCUT2D eigenvalue weighted by Crippen LogP contribution is 2.25. The molecule has 0 fully saturated rings. The maximum absolute atomic E-state index is 12.4. The smallest absolute Gasteiger partial charge is 0.184 e. The van der Waals surface area contributed by atoms with E-state index in [9.17, 15) is 4.79 Å². The van der Waals surface area contributed by atoms with Crippen LogP contribution < -0.4 is 4.74 Å². The van der Waals surface area contributed by atoms with Crippen LogP contribution in [0.5, 0.6) is 5.75 Å². The van der Waals surface area contributed by atoms with E-state index in [0.29, 0.717) is 16.3 Å². The van der Waals surface area contributed by atoms with E-state index in [1.54, 1.807) is 30.0 Å². The van der Waals surface area contributed by atoms with Gasteiger partial charge in [0.05, 0.1) is 17.8 Å². The zero-order chi connectivity index (χ0) is 15.6. The number of aromatic nitrogens is 2. The minimum Gasteiger partial charge on any atom is -0.495 e. The van der Waals surface area contributed by atoms with Crippen molar-refractivity contribution in [3.05, 3.63) is 45.7 Å². The minimum atomic E-state index is -0.0205. The first-order valence-corrected chi connectivity index (χ1v) is 7.25. The van der Waals surface area contributed by atoms with Crippen molar-refractivity contribution in [1.82, 2.24) is 9.78 Å². The van der Waals surface area contributed by atoms with Crippen molar-refractivity contribution in [3.8, 4) is 5.75 Å². The molecule has 0 N–H and O–H groups in total. The van der Waals surface area contributed by atoms with Crippen LogP contribution in [-0.4, -0.2) is 22.7 Å². The molecule has 0 atom stereocenters. The van der Waals surface area contributed by atoms with Crippen LogP contribution in [0.15, 0.2) is 18.2 Å². The third-order valence-corrected chi connectivity index (χ3v) is 3.95. The molecule has 4 nitrogen and oxygen atoms in total. The fourth-order valence-electron chi connectivity index (χ4n) is 2.47. The summed E-state index contributed by atoms with van der Waals surface area (Å²) in [6.07, 6.45) is 0.917. The lowest BCUT2D eigenvalue weighted by Gasteiger charge is -2.07. The lowest BCUT2D eigenvalue weighted by molar-refractivity contribution is 0.0966. The van der Waals surface area contributed by atoms with Gasteiger partial charge in [0, 0.05) is 11.3 Å². The summed E-state index contributed by atoms with van der Waals surface area (Å²) in [5.41, 5.74) is 3.79. The lowest BCUT2D eigenvalue weighted by Crippen LogP contribution is -2.13. The SMILES string of the molecule is CCc1c(C)nn(CC(=O)c2ccc(OC)c(Cl)c2)c1C. The van der Waals surface area contributed by atoms with Crippen LogP contribution in [-0.2, 0) is 13.0 Å². The van der Waals surface area contributed by atoms with Crippen LogP contribution in [0.3, 0.4) is 0 Å². The molecule has 2 rings (SSSR count). The molecule has 0 saturated carbocycles. The fourth-order valence-corrected chi connectivity index (χ4v) is 2.72. The Morgan fingerprint density at radius 2 is 2.10 bits per heavy atom. The average molecular weight is 307 g/mol. The molecule has 0 aliphatic rings. The van der Waals surface area contributed by atoms with Gasteiger partial charge >= 0.3 is 0 Å². The van der Waals surface area contributed by atoms with Gasteiger partial charge in [-0.25, -0.2) is 0 Å². The molecular weight excluding hydrogens is 288 g/mol. The molecule has 21 heavy (non-hydrogen) atoms. The summed E-state index contributed by atoms with van der Waals surface area (Å²) < 4.78 is 6.85. The van der Waals surface area contributed by atoms with E-state index in [-0.39, 0.29) is 12.3 Å². The molecule has 2 aromatic rings. The Morgan fingerprint density at radius 1 is 1.38 bits per heavy atom. The van der Waals surface area contributed by atoms with Gasteiger partial charge in [-0.2, -0.15) is 5.10 Å². The van der Waals surface area contributed by atoms with Gasteiger partial charge in [0.2, 0.25) is 0 Å². The second kappa shape index (κ2) is 6.31. The van der Waals surface area contributed by atoms with E-state index in [1.165, 1.54) is 5.56 Å². The van der Waals surface area contributed by atoms with E-state index in [1.807, 2.05) is 13.8 Å². The number of hydrogen-bond acceptors (Lipinski definition) is 3. The second-order valence-corrected chi connectivity index (χ2v) is 5.34. The van der Waals surface area contributed by atoms with E-state index >= 15 is 0 Å². The van der Waals surface area contributed by atoms with Gasteiger partial charge in [0.1, 0.15) is 12.3 Å². The molecule has 5 heteroatoms. The maximum atomic E-state index is 12.4. The molecule has 0 unspecified atom stereocenters. The zero-order valence-corrected chi connectivity index (χ0v) is 13.5. The number of carbonyl (C=O) groups is 1. The number of rotatable bonds is 5. The Labute approximate surface area is 129 Å². The first-order valence-electron chi connectivity index (χ1n) is 6.87. The van der Waals surface area contributed by atoms with E-state index in [2.05, 4.69) is 12.0 Å². The number of hydrogen-bond donors (Lipinski definition) is 0. The monoisotopic (exact) mass is 306 g/mol. The van der Waals surface area contributed by atoms with Crippen molar-refractivity contribution in [2.75, 3.05) is 7.11 Å². The number of benzene rings is 1. The van der Waals surface area contributed by atoms with Gasteiger partial charge in [0.25, 0.3) is 0 Å². The third kappa shape index (κ3) is 3.10. The molecule has 0 saturated heterocycles. The lowest BCUT2D eigenvalue weighted by atomic mass is 10.1. The zero-order valence-electron chi connectivity index (χ0n) is 12.7. The number of Topliss-reactive ketones (excluding diaryl/α,β-unsaturated/α-hetero) is 1. The summed E-state index contributed by atoms with van der Waals surface area (Å²) >= 11 is 6.06. The highest BCUT2D eigenvalue weighted by Gasteiger charge is 2.14. The summed E-state index contributed by atoms with van der Waals surface area (Å²) in [7, 11) is 1.55. The maximum Gasteiger partial charge on any atom is 0.184 e. The van der Waals surface area contributed by atoms with Crippen LogP contribution in [0.2, 0.25) is 5.02 Å². The molecule has 0 radical (unpaired) electrons. The van der Waals surface area contributed by atoms with Crippen LogP contribution in [0, 0.1) is 13.8 Å². The molecule has 1 aromatic carbocycles. The standard InChI is InChI=1S/C16H19ClN2O2/c1-5-13-10(2)18-19(11(13)3)9-15(20)12-6-7-16(21-4)14(17)8-12/h6-8H,5,9H2,1-4H3. The summed E-state index contributed by atoms with van der Waals surface area (Å²) in [5.74, 6) is 0.542. The van der Waals surface area contributed by atoms with Crippen molar-refractivity contribution in [1.29, 1.82) is 0 Å². The number of halogens is 1. The highest BCUT2D eigenvalue weighted by molar-refractivity contribution is 6.32. The van der Waals surface area contributed by atoms with Crippen molar-refractivity contribution >= 4 is 17.4 Å². The predicted octanol–water partition coefficient (Wildman–Crippen LogP) is 3.61. The van der Waals surface area contributed by atoms with Crippen LogP contribution >= 0.6 is 11.6 Å². The Balaban J connectivity index is 2.24. The summed E-state index contributed by atoms with van der Waals surface area (Å²) in [6.45, 7) is 6.27. The van der Waals surface area contributed by atoms with Gasteiger partial charge in [-0.05, 0) is 44.0 Å². The fraction of sp³-hybridized carbons (Fsp3) is 0.375. The van der Waals surface area contributed by atoms with E-state index in [0.717, 1.165) is 17.8 Å². The van der Waals surface area contributed by atoms with Gasteiger partial charge in [-0.15, -0.1) is 0 Å². The first-order chi connectivity index (χ1) is 9.97. The number of ketones is 1. The quantitative estimate of drug-likeness (QED) is 0.793. The molecule has 1 aromatic heterocycles. The van der Waals surface area contributed by atoms with Gasteiger partial charge in [-0.1, -0.05) is 18.5 Å². The number of carbonyl (C=O) groups excluding carboxylic acids is 1. The summed E-state index contributed by atoms with van der Waals surface area (Å²) in [4.78, 5) is 12.4. The van der Waals surface area contributed by atoms with Gasteiger partial charge in [0.15, 0.2) is 5.78 Å². The topological polar surface area (TPSA) is 44.1 Å². The van der Waals surface area contributed by atoms with E-state index < -0.39 is 0 Å². The average Bonchev–Trinajstić information content (AvgIpc) is 2.72. The molecule has 0 aliphatic carbocycles. The van der Waals surface area contributed by atoms with Crippen LogP contribution in [0.25, 0.3) is 0 Å². The first kappa shape index (κ1) is 15.6. The highest BCUT2D eigenvalue weighted by atomic mass is 35.5. The Hall–Kier alpha value is -1.81. The van der Waals surface area contributed by atoms with Crippen LogP contribution in [0.4, 0.5) is 0 Å². The molecule has 0 spiro atoms. The minimum absolute atomic E-state index is 0.0205. The van der Waals surface area contributed by atoms with Crippen molar-refractivity contribution in [3.63, 3.8) is 0 Å². The van der Waals surface area contributed by atoms with E-state index in [4.69, 9.17) is 16.3 Å². The van der Waals surface area contributed by atoms with Crippen molar-refractivity contribution < 1.29 is 9.53 Å². The van der Waals surface area contributed by atoms with Crippen molar-refractivity contribution in [2.45, 2.75) is 33.7 Å². The molecule has 0 aliphatic heterocycles. The Morgan fingerprint density at radius 3 is 2.62 bits per heavy atom. The molecular formula is C16H19ClN2O2. The summed E-state index contributed by atoms with van der Waals surface area (Å²) in [6, 6.07) is 5.06. The third-order valence-electron chi connectivity index (χ3n) is 3.65. The number of ether oxygens (including phenoxy) is 1. The molecule has 0 amide bonds. The van der Waals surface area contributed by atoms with Crippen LogP contribution in [0.1, 0.15) is 34.2 Å². The summed E-state index contributed by atoms with van der Waals surface area (Å²) in [5, 5.41) is 4.88. The number of aryl methyl sites for hydroxylation is 1. The Kier molecular flexibility index (Phi) is 4.68. The molecule has 1 heterocycles. The largest absolute Gasteiger partial charge is 0.495 e. The predicted molar refractivity (Wildman–Crippen MR) is 83.4 cm³/mol. The molecule has 0 bridgehead atoms. The molecule has 112 valence electrons.